The number of nitrogens with one attached hydrogen (secondary N) is 2. The molecule has 0 radical (unpaired) electrons. The van der Waals surface area contributed by atoms with E-state index in [0.29, 0.717) is 0 Å². The van der Waals surface area contributed by atoms with E-state index < -0.39 is 28.0 Å². The van der Waals surface area contributed by atoms with Crippen molar-refractivity contribution in [3.63, 3.8) is 0 Å². The van der Waals surface area contributed by atoms with Crippen LogP contribution in [0.15, 0.2) is 77.7 Å². The van der Waals surface area contributed by atoms with Crippen LogP contribution in [0.25, 0.3) is 0 Å². The Morgan fingerprint density at radius 3 is 2.13 bits per heavy atom. The third-order valence-electron chi connectivity index (χ3n) is 3.86. The number of carbonyl (C=O) groups is 1. The monoisotopic (exact) mass is 470 g/mol. The van der Waals surface area contributed by atoms with Crippen molar-refractivity contribution in [2.75, 3.05) is 10.0 Å². The molecule has 0 spiro atoms. The number of alkyl halides is 3. The second kappa shape index (κ2) is 8.86. The largest absolute Gasteiger partial charge is 0.573 e. The minimum Gasteiger partial charge on any atom is -0.406 e. The first-order valence-electron chi connectivity index (χ1n) is 8.58. The number of ether oxygens (including phenoxy) is 1. The lowest BCUT2D eigenvalue weighted by Gasteiger charge is -2.12. The summed E-state index contributed by atoms with van der Waals surface area (Å²) in [6, 6.07) is 16.1. The van der Waals surface area contributed by atoms with Crippen LogP contribution in [0.4, 0.5) is 24.5 Å². The minimum absolute atomic E-state index is 0.0365. The highest BCUT2D eigenvalue weighted by Crippen LogP contribution is 2.26. The number of rotatable bonds is 6. The fourth-order valence-electron chi connectivity index (χ4n) is 2.51. The van der Waals surface area contributed by atoms with Gasteiger partial charge in [0.1, 0.15) is 5.75 Å². The first kappa shape index (κ1) is 22.4. The minimum atomic E-state index is -4.83. The Balaban J connectivity index is 1.76. The van der Waals surface area contributed by atoms with Crippen molar-refractivity contribution in [3.05, 3.63) is 83.4 Å². The van der Waals surface area contributed by atoms with E-state index in [1.165, 1.54) is 42.5 Å². The summed E-state index contributed by atoms with van der Waals surface area (Å²) in [7, 11) is -3.88. The molecule has 0 aromatic heterocycles. The normalized spacial score (nSPS) is 11.6. The summed E-state index contributed by atoms with van der Waals surface area (Å²) in [5.41, 5.74) is 0.253. The molecular formula is C20H14ClF3N2O4S. The summed E-state index contributed by atoms with van der Waals surface area (Å²) in [5.74, 6) is -1.13. The van der Waals surface area contributed by atoms with E-state index in [1.807, 2.05) is 0 Å². The van der Waals surface area contributed by atoms with Crippen LogP contribution in [0.1, 0.15) is 10.4 Å². The van der Waals surface area contributed by atoms with Crippen molar-refractivity contribution in [1.82, 2.24) is 0 Å². The summed E-state index contributed by atoms with van der Waals surface area (Å²) in [4.78, 5) is 12.6. The highest BCUT2D eigenvalue weighted by molar-refractivity contribution is 7.92. The van der Waals surface area contributed by atoms with Gasteiger partial charge < -0.3 is 10.1 Å². The third-order valence-corrected chi connectivity index (χ3v) is 5.59. The van der Waals surface area contributed by atoms with Crippen molar-refractivity contribution < 1.29 is 31.1 Å². The maximum atomic E-state index is 12.6. The lowest BCUT2D eigenvalue weighted by Crippen LogP contribution is -2.17. The molecule has 0 aliphatic heterocycles. The Labute approximate surface area is 180 Å². The standard InChI is InChI=1S/C20H14ClF3N2O4S/c21-18-11-8-14(26-31(28,29)16-4-2-1-3-5-16)12-17(18)19(27)25-13-6-9-15(10-7-13)30-20(22,23)24/h1-12,26H,(H,25,27). The molecule has 11 heteroatoms. The molecule has 1 amide bonds. The van der Waals surface area contributed by atoms with Crippen LogP contribution in [-0.2, 0) is 10.0 Å². The SMILES string of the molecule is O=C(Nc1ccc(OC(F)(F)F)cc1)c1cc(NS(=O)(=O)c2ccccc2)ccc1Cl. The predicted octanol–water partition coefficient (Wildman–Crippen LogP) is 5.29. The van der Waals surface area contributed by atoms with Gasteiger partial charge in [-0.05, 0) is 54.6 Å². The summed E-state index contributed by atoms with van der Waals surface area (Å²) in [5, 5.41) is 2.53. The number of benzene rings is 3. The number of hydrogen-bond acceptors (Lipinski definition) is 4. The number of halogens is 4. The second-order valence-electron chi connectivity index (χ2n) is 6.14. The summed E-state index contributed by atoms with van der Waals surface area (Å²) in [6.45, 7) is 0. The molecule has 6 nitrogen and oxygen atoms in total. The van der Waals surface area contributed by atoms with Crippen molar-refractivity contribution in [1.29, 1.82) is 0 Å². The fourth-order valence-corrected chi connectivity index (χ4v) is 3.79. The van der Waals surface area contributed by atoms with Crippen LogP contribution in [0, 0.1) is 0 Å². The Bertz CT molecular complexity index is 1190. The first-order chi connectivity index (χ1) is 14.5. The van der Waals surface area contributed by atoms with Gasteiger partial charge in [0.25, 0.3) is 15.9 Å². The van der Waals surface area contributed by atoms with Crippen LogP contribution in [0.3, 0.4) is 0 Å². The molecule has 0 heterocycles. The number of hydrogen-bond donors (Lipinski definition) is 2. The van der Waals surface area contributed by atoms with Crippen LogP contribution in [0.5, 0.6) is 5.75 Å². The molecule has 0 atom stereocenters. The van der Waals surface area contributed by atoms with Gasteiger partial charge in [-0.25, -0.2) is 8.42 Å². The summed E-state index contributed by atoms with van der Waals surface area (Å²) < 4.78 is 67.7. The zero-order valence-electron chi connectivity index (χ0n) is 15.5. The van der Waals surface area contributed by atoms with Crippen molar-refractivity contribution >= 4 is 38.9 Å². The van der Waals surface area contributed by atoms with Gasteiger partial charge in [0.15, 0.2) is 0 Å². The molecule has 0 saturated heterocycles. The maximum absolute atomic E-state index is 12.6. The zero-order chi connectivity index (χ0) is 22.6. The molecular weight excluding hydrogens is 457 g/mol. The van der Waals surface area contributed by atoms with Gasteiger partial charge >= 0.3 is 6.36 Å². The Morgan fingerprint density at radius 2 is 1.52 bits per heavy atom. The van der Waals surface area contributed by atoms with Gasteiger partial charge in [-0.3, -0.25) is 9.52 Å². The highest BCUT2D eigenvalue weighted by Gasteiger charge is 2.31. The second-order valence-corrected chi connectivity index (χ2v) is 8.23. The van der Waals surface area contributed by atoms with Gasteiger partial charge in [0, 0.05) is 11.4 Å². The Hall–Kier alpha value is -3.24. The number of sulfonamides is 1. The number of anilines is 2. The van der Waals surface area contributed by atoms with Crippen molar-refractivity contribution in [2.24, 2.45) is 0 Å². The predicted molar refractivity (Wildman–Crippen MR) is 110 cm³/mol. The molecule has 0 aliphatic rings. The molecule has 0 unspecified atom stereocenters. The van der Waals surface area contributed by atoms with Crippen LogP contribution < -0.4 is 14.8 Å². The smallest absolute Gasteiger partial charge is 0.406 e. The number of carbonyl (C=O) groups excluding carboxylic acids is 1. The fraction of sp³-hybridized carbons (Fsp3) is 0.0500. The van der Waals surface area contributed by atoms with Crippen LogP contribution >= 0.6 is 11.6 Å². The van der Waals surface area contributed by atoms with Crippen LogP contribution in [0.2, 0.25) is 5.02 Å². The van der Waals surface area contributed by atoms with Crippen molar-refractivity contribution in [2.45, 2.75) is 11.3 Å². The lowest BCUT2D eigenvalue weighted by atomic mass is 10.2. The van der Waals surface area contributed by atoms with E-state index >= 15 is 0 Å². The van der Waals surface area contributed by atoms with E-state index in [9.17, 15) is 26.4 Å². The van der Waals surface area contributed by atoms with E-state index in [4.69, 9.17) is 11.6 Å². The Kier molecular flexibility index (Phi) is 6.42. The van der Waals surface area contributed by atoms with E-state index in [2.05, 4.69) is 14.8 Å². The average Bonchev–Trinajstić information content (AvgIpc) is 2.70. The highest BCUT2D eigenvalue weighted by atomic mass is 35.5. The Morgan fingerprint density at radius 1 is 0.903 bits per heavy atom. The van der Waals surface area contributed by atoms with Gasteiger partial charge in [-0.2, -0.15) is 0 Å². The topological polar surface area (TPSA) is 84.5 Å². The van der Waals surface area contributed by atoms with Crippen LogP contribution in [-0.4, -0.2) is 20.7 Å². The summed E-state index contributed by atoms with van der Waals surface area (Å²) in [6.07, 6.45) is -4.83. The quantitative estimate of drug-likeness (QED) is 0.512. The molecule has 0 saturated carbocycles. The van der Waals surface area contributed by atoms with E-state index in [0.717, 1.165) is 12.1 Å². The molecule has 0 bridgehead atoms. The van der Waals surface area contributed by atoms with E-state index in [-0.39, 0.29) is 26.9 Å². The molecule has 31 heavy (non-hydrogen) atoms. The molecule has 3 aromatic rings. The lowest BCUT2D eigenvalue weighted by molar-refractivity contribution is -0.274. The molecule has 3 aromatic carbocycles. The van der Waals surface area contributed by atoms with Gasteiger partial charge in [-0.15, -0.1) is 13.2 Å². The van der Waals surface area contributed by atoms with Gasteiger partial charge in [-0.1, -0.05) is 29.8 Å². The number of amides is 1. The summed E-state index contributed by atoms with van der Waals surface area (Å²) >= 11 is 6.06. The first-order valence-corrected chi connectivity index (χ1v) is 10.4. The van der Waals surface area contributed by atoms with Gasteiger partial charge in [0.2, 0.25) is 0 Å². The maximum Gasteiger partial charge on any atom is 0.573 e. The molecule has 0 fully saturated rings. The molecule has 3 rings (SSSR count). The molecule has 0 aliphatic carbocycles. The molecule has 2 N–H and O–H groups in total. The van der Waals surface area contributed by atoms with Gasteiger partial charge in [0.05, 0.1) is 15.5 Å². The molecule has 162 valence electrons. The van der Waals surface area contributed by atoms with E-state index in [1.54, 1.807) is 18.2 Å². The average molecular weight is 471 g/mol. The van der Waals surface area contributed by atoms with Crippen molar-refractivity contribution in [3.8, 4) is 5.75 Å². The third kappa shape index (κ3) is 6.12. The zero-order valence-corrected chi connectivity index (χ0v) is 17.1.